The first-order chi connectivity index (χ1) is 14.0. The SMILES string of the molecule is CN(C)c1cc(O)c(/N=N/c2snc3ccccc23)cc1/N=N/c1ccnn1C. The number of hydrogen-bond donors (Lipinski definition) is 1. The van der Waals surface area contributed by atoms with E-state index < -0.39 is 0 Å². The smallest absolute Gasteiger partial charge is 0.172 e. The van der Waals surface area contributed by atoms with Gasteiger partial charge in [-0.2, -0.15) is 9.47 Å². The molecule has 10 heteroatoms. The van der Waals surface area contributed by atoms with Crippen LogP contribution in [0.15, 0.2) is 69.1 Å². The number of fused-ring (bicyclic) bond motifs is 1. The molecule has 0 unspecified atom stereocenters. The van der Waals surface area contributed by atoms with Crippen LogP contribution in [0.1, 0.15) is 0 Å². The summed E-state index contributed by atoms with van der Waals surface area (Å²) in [6, 6.07) is 12.7. The van der Waals surface area contributed by atoms with E-state index in [4.69, 9.17) is 0 Å². The molecule has 29 heavy (non-hydrogen) atoms. The van der Waals surface area contributed by atoms with Gasteiger partial charge in [-0.1, -0.05) is 12.1 Å². The number of benzene rings is 2. The van der Waals surface area contributed by atoms with Crippen LogP contribution < -0.4 is 4.90 Å². The molecule has 2 heterocycles. The largest absolute Gasteiger partial charge is 0.506 e. The Morgan fingerprint density at radius 3 is 2.55 bits per heavy atom. The Hall–Kier alpha value is -3.66. The van der Waals surface area contributed by atoms with Crippen molar-refractivity contribution in [2.75, 3.05) is 19.0 Å². The third-order valence-corrected chi connectivity index (χ3v) is 4.98. The number of anilines is 1. The summed E-state index contributed by atoms with van der Waals surface area (Å²) in [6.45, 7) is 0. The fraction of sp³-hybridized carbons (Fsp3) is 0.158. The first-order valence-electron chi connectivity index (χ1n) is 8.73. The Balaban J connectivity index is 1.72. The Bertz CT molecular complexity index is 1220. The molecule has 4 rings (SSSR count). The minimum atomic E-state index is 0.00533. The van der Waals surface area contributed by atoms with Crippen molar-refractivity contribution in [1.82, 2.24) is 14.2 Å². The molecular formula is C19H18N8OS. The summed E-state index contributed by atoms with van der Waals surface area (Å²) >= 11 is 1.26. The first kappa shape index (κ1) is 18.7. The van der Waals surface area contributed by atoms with Crippen LogP contribution in [0, 0.1) is 0 Å². The van der Waals surface area contributed by atoms with E-state index in [-0.39, 0.29) is 5.75 Å². The summed E-state index contributed by atoms with van der Waals surface area (Å²) in [6.07, 6.45) is 1.65. The number of azo groups is 2. The summed E-state index contributed by atoms with van der Waals surface area (Å²) in [5, 5.41) is 33.2. The molecule has 0 aliphatic carbocycles. The molecule has 2 aromatic carbocycles. The van der Waals surface area contributed by atoms with E-state index >= 15 is 0 Å². The van der Waals surface area contributed by atoms with Crippen LogP contribution in [-0.2, 0) is 7.05 Å². The van der Waals surface area contributed by atoms with Crippen molar-refractivity contribution in [1.29, 1.82) is 0 Å². The maximum atomic E-state index is 10.4. The number of phenols is 1. The number of rotatable bonds is 5. The number of aromatic hydroxyl groups is 1. The molecule has 0 amide bonds. The van der Waals surface area contributed by atoms with Gasteiger partial charge in [0.2, 0.25) is 0 Å². The lowest BCUT2D eigenvalue weighted by molar-refractivity contribution is 0.476. The predicted octanol–water partition coefficient (Wildman–Crippen LogP) is 5.63. The number of aryl methyl sites for hydroxylation is 1. The van der Waals surface area contributed by atoms with Crippen molar-refractivity contribution < 1.29 is 5.11 Å². The van der Waals surface area contributed by atoms with E-state index in [0.29, 0.717) is 27.9 Å². The highest BCUT2D eigenvalue weighted by molar-refractivity contribution is 7.11. The molecule has 2 aromatic heterocycles. The van der Waals surface area contributed by atoms with E-state index in [1.165, 1.54) is 11.5 Å². The third kappa shape index (κ3) is 3.83. The highest BCUT2D eigenvalue weighted by atomic mass is 32.1. The van der Waals surface area contributed by atoms with Crippen LogP contribution in [0.25, 0.3) is 10.9 Å². The van der Waals surface area contributed by atoms with Crippen molar-refractivity contribution in [3.63, 3.8) is 0 Å². The van der Waals surface area contributed by atoms with E-state index in [1.807, 2.05) is 43.3 Å². The van der Waals surface area contributed by atoms with E-state index in [9.17, 15) is 5.11 Å². The molecule has 0 spiro atoms. The van der Waals surface area contributed by atoms with Crippen LogP contribution >= 0.6 is 11.5 Å². The Labute approximate surface area is 170 Å². The highest BCUT2D eigenvalue weighted by Gasteiger charge is 2.12. The van der Waals surface area contributed by atoms with Crippen molar-refractivity contribution in [2.24, 2.45) is 27.5 Å². The zero-order chi connectivity index (χ0) is 20.4. The van der Waals surface area contributed by atoms with Gasteiger partial charge >= 0.3 is 0 Å². The lowest BCUT2D eigenvalue weighted by atomic mass is 10.2. The quantitative estimate of drug-likeness (QED) is 0.434. The monoisotopic (exact) mass is 406 g/mol. The lowest BCUT2D eigenvalue weighted by Gasteiger charge is -2.15. The Kier molecular flexibility index (Phi) is 5.00. The predicted molar refractivity (Wildman–Crippen MR) is 114 cm³/mol. The molecule has 4 aromatic rings. The summed E-state index contributed by atoms with van der Waals surface area (Å²) in [4.78, 5) is 1.84. The van der Waals surface area contributed by atoms with Gasteiger partial charge in [0.25, 0.3) is 0 Å². The van der Waals surface area contributed by atoms with E-state index in [2.05, 4.69) is 29.9 Å². The second kappa shape index (κ2) is 7.76. The number of phenolic OH excluding ortho intramolecular Hbond substituents is 1. The van der Waals surface area contributed by atoms with Crippen molar-refractivity contribution in [2.45, 2.75) is 0 Å². The summed E-state index contributed by atoms with van der Waals surface area (Å²) in [5.74, 6) is 0.618. The second-order valence-corrected chi connectivity index (χ2v) is 7.19. The molecule has 1 N–H and O–H groups in total. The summed E-state index contributed by atoms with van der Waals surface area (Å²) in [7, 11) is 5.52. The van der Waals surface area contributed by atoms with Crippen LogP contribution in [0.2, 0.25) is 0 Å². The zero-order valence-corrected chi connectivity index (χ0v) is 16.9. The molecule has 0 atom stereocenters. The molecular weight excluding hydrogens is 388 g/mol. The van der Waals surface area contributed by atoms with Crippen LogP contribution in [0.4, 0.5) is 27.9 Å². The second-order valence-electron chi connectivity index (χ2n) is 6.44. The average molecular weight is 406 g/mol. The number of nitrogens with zero attached hydrogens (tertiary/aromatic N) is 8. The Morgan fingerprint density at radius 1 is 1.00 bits per heavy atom. The summed E-state index contributed by atoms with van der Waals surface area (Å²) in [5.41, 5.74) is 2.42. The Morgan fingerprint density at radius 2 is 1.79 bits per heavy atom. The van der Waals surface area contributed by atoms with Gasteiger partial charge in [0.05, 0.1) is 17.4 Å². The molecule has 0 saturated carbocycles. The van der Waals surface area contributed by atoms with Gasteiger partial charge in [-0.15, -0.1) is 20.5 Å². The molecule has 0 saturated heterocycles. The molecule has 0 aliphatic heterocycles. The van der Waals surface area contributed by atoms with Crippen LogP contribution in [0.3, 0.4) is 0 Å². The molecule has 0 aliphatic rings. The number of hydrogen-bond acceptors (Lipinski definition) is 9. The fourth-order valence-electron chi connectivity index (χ4n) is 2.69. The molecule has 0 bridgehead atoms. The topological polar surface area (TPSA) is 104 Å². The van der Waals surface area contributed by atoms with Gasteiger partial charge in [0.15, 0.2) is 10.8 Å². The van der Waals surface area contributed by atoms with Crippen molar-refractivity contribution in [3.8, 4) is 5.75 Å². The van der Waals surface area contributed by atoms with Crippen molar-refractivity contribution in [3.05, 3.63) is 48.7 Å². The van der Waals surface area contributed by atoms with Gasteiger partial charge in [-0.3, -0.25) is 0 Å². The third-order valence-electron chi connectivity index (χ3n) is 4.22. The molecule has 9 nitrogen and oxygen atoms in total. The molecule has 0 radical (unpaired) electrons. The fourth-order valence-corrected chi connectivity index (χ4v) is 3.38. The zero-order valence-electron chi connectivity index (χ0n) is 16.1. The molecule has 0 fully saturated rings. The minimum Gasteiger partial charge on any atom is -0.506 e. The normalized spacial score (nSPS) is 11.8. The average Bonchev–Trinajstić information content (AvgIpc) is 3.31. The van der Waals surface area contributed by atoms with Crippen LogP contribution in [0.5, 0.6) is 5.75 Å². The standard InChI is InChI=1S/C19H18N8OS/c1-26(2)16-11-17(28)15(10-14(16)21-23-18-8-9-20-27(18)3)22-24-19-12-6-4-5-7-13(12)25-29-19/h4-11,28H,1-3H3/b23-21+,24-22+. The summed E-state index contributed by atoms with van der Waals surface area (Å²) < 4.78 is 5.97. The van der Waals surface area contributed by atoms with E-state index in [1.54, 1.807) is 36.1 Å². The van der Waals surface area contributed by atoms with E-state index in [0.717, 1.165) is 10.9 Å². The maximum Gasteiger partial charge on any atom is 0.172 e. The van der Waals surface area contributed by atoms with Gasteiger partial charge in [-0.25, -0.2) is 4.68 Å². The minimum absolute atomic E-state index is 0.00533. The lowest BCUT2D eigenvalue weighted by Crippen LogP contribution is -2.08. The van der Waals surface area contributed by atoms with Crippen molar-refractivity contribution >= 4 is 50.3 Å². The van der Waals surface area contributed by atoms with Gasteiger partial charge in [-0.05, 0) is 29.7 Å². The van der Waals surface area contributed by atoms with Crippen LogP contribution in [-0.4, -0.2) is 33.4 Å². The van der Waals surface area contributed by atoms with Gasteiger partial charge < -0.3 is 10.0 Å². The maximum absolute atomic E-state index is 10.4. The van der Waals surface area contributed by atoms with Gasteiger partial charge in [0, 0.05) is 38.7 Å². The number of aromatic nitrogens is 3. The molecule has 146 valence electrons. The highest BCUT2D eigenvalue weighted by Crippen LogP contribution is 2.41. The van der Waals surface area contributed by atoms with Gasteiger partial charge in [0.1, 0.15) is 17.1 Å². The first-order valence-corrected chi connectivity index (χ1v) is 9.50.